The van der Waals surface area contributed by atoms with E-state index in [0.29, 0.717) is 29.5 Å². The lowest BCUT2D eigenvalue weighted by atomic mass is 10.0. The van der Waals surface area contributed by atoms with Crippen LogP contribution in [0.1, 0.15) is 55.7 Å². The molecule has 10 nitrogen and oxygen atoms in total. The van der Waals surface area contributed by atoms with Gasteiger partial charge in [0.05, 0.1) is 42.9 Å². The number of anilines is 1. The number of carbonyl (C=O) groups excluding carboxylic acids is 1. The highest BCUT2D eigenvalue weighted by Crippen LogP contribution is 2.36. The quantitative estimate of drug-likeness (QED) is 0.313. The van der Waals surface area contributed by atoms with Gasteiger partial charge < -0.3 is 19.7 Å². The number of fused-ring (bicyclic) bond motifs is 1. The summed E-state index contributed by atoms with van der Waals surface area (Å²) in [5.74, 6) is 1.16. The van der Waals surface area contributed by atoms with E-state index in [2.05, 4.69) is 22.4 Å². The van der Waals surface area contributed by atoms with Gasteiger partial charge in [-0.25, -0.2) is 9.78 Å². The molecular weight excluding hydrogens is 494 g/mol. The molecule has 0 unspecified atom stereocenters. The minimum atomic E-state index is -0.412. The Morgan fingerprint density at radius 3 is 2.56 bits per heavy atom. The standard InChI is InChI=1S/C29H37N7O3/c1-6-39-29(37)27-23(17-31-36(27)19(2)3)26-25-24(35(33-26)18-20-7-9-22(38-5)10-8-20)11-14-30-28(25)32-21-12-15-34(4)16-13-21/h7-11,14,17,19,21H,6,12-13,15-16,18H2,1-5H3,(H,30,32). The van der Waals surface area contributed by atoms with Crippen molar-refractivity contribution in [2.45, 2.75) is 52.2 Å². The molecule has 0 saturated carbocycles. The fraction of sp³-hybridized carbons (Fsp3) is 0.448. The number of ether oxygens (including phenoxy) is 2. The Morgan fingerprint density at radius 2 is 1.90 bits per heavy atom. The van der Waals surface area contributed by atoms with E-state index < -0.39 is 5.97 Å². The SMILES string of the molecule is CCOC(=O)c1c(-c2nn(Cc3ccc(OC)cc3)c3ccnc(NC4CCN(C)CC4)c23)cnn1C(C)C. The molecule has 0 spiro atoms. The number of nitrogens with one attached hydrogen (secondary N) is 1. The number of rotatable bonds is 9. The summed E-state index contributed by atoms with van der Waals surface area (Å²) in [6, 6.07) is 10.2. The Labute approximate surface area is 228 Å². The predicted octanol–water partition coefficient (Wildman–Crippen LogP) is 4.62. The van der Waals surface area contributed by atoms with Crippen LogP contribution in [0.15, 0.2) is 42.7 Å². The summed E-state index contributed by atoms with van der Waals surface area (Å²) in [6.07, 6.45) is 5.60. The summed E-state index contributed by atoms with van der Waals surface area (Å²) in [6.45, 7) is 8.68. The highest BCUT2D eigenvalue weighted by atomic mass is 16.5. The van der Waals surface area contributed by atoms with Crippen LogP contribution in [0.3, 0.4) is 0 Å². The smallest absolute Gasteiger partial charge is 0.357 e. The molecule has 1 fully saturated rings. The van der Waals surface area contributed by atoms with E-state index in [1.807, 2.05) is 55.1 Å². The van der Waals surface area contributed by atoms with Gasteiger partial charge in [0.15, 0.2) is 5.69 Å². The minimum Gasteiger partial charge on any atom is -0.497 e. The second-order valence-electron chi connectivity index (χ2n) is 10.3. The second-order valence-corrected chi connectivity index (χ2v) is 10.3. The Bertz CT molecular complexity index is 1430. The van der Waals surface area contributed by atoms with Gasteiger partial charge in [-0.05, 0) is 77.5 Å². The van der Waals surface area contributed by atoms with E-state index in [9.17, 15) is 4.79 Å². The summed E-state index contributed by atoms with van der Waals surface area (Å²) < 4.78 is 14.5. The molecule has 1 aliphatic rings. The molecule has 5 rings (SSSR count). The molecule has 39 heavy (non-hydrogen) atoms. The molecule has 0 atom stereocenters. The first-order valence-corrected chi connectivity index (χ1v) is 13.6. The van der Waals surface area contributed by atoms with E-state index in [0.717, 1.165) is 54.0 Å². The molecule has 10 heteroatoms. The molecule has 1 N–H and O–H groups in total. The van der Waals surface area contributed by atoms with Gasteiger partial charge in [0.25, 0.3) is 0 Å². The summed E-state index contributed by atoms with van der Waals surface area (Å²) in [5.41, 5.74) is 3.71. The molecule has 0 amide bonds. The molecule has 1 aliphatic heterocycles. The number of likely N-dealkylation sites (tertiary alicyclic amines) is 1. The summed E-state index contributed by atoms with van der Waals surface area (Å²) in [5, 5.41) is 14.2. The number of pyridine rings is 1. The molecule has 1 aromatic carbocycles. The van der Waals surface area contributed by atoms with Crippen LogP contribution in [-0.4, -0.2) is 75.3 Å². The maximum atomic E-state index is 13.2. The number of nitrogens with zero attached hydrogens (tertiary/aromatic N) is 6. The highest BCUT2D eigenvalue weighted by Gasteiger charge is 2.28. The van der Waals surface area contributed by atoms with Crippen molar-refractivity contribution in [3.8, 4) is 17.0 Å². The zero-order chi connectivity index (χ0) is 27.5. The molecular formula is C29H37N7O3. The lowest BCUT2D eigenvalue weighted by Crippen LogP contribution is -2.36. The molecule has 3 aromatic heterocycles. The van der Waals surface area contributed by atoms with Crippen LogP contribution < -0.4 is 10.1 Å². The van der Waals surface area contributed by atoms with Crippen molar-refractivity contribution in [3.63, 3.8) is 0 Å². The number of hydrogen-bond donors (Lipinski definition) is 1. The first-order chi connectivity index (χ1) is 18.9. The number of aromatic nitrogens is 5. The lowest BCUT2D eigenvalue weighted by molar-refractivity contribution is 0.0510. The lowest BCUT2D eigenvalue weighted by Gasteiger charge is -2.30. The van der Waals surface area contributed by atoms with Crippen molar-refractivity contribution in [3.05, 3.63) is 54.0 Å². The Hall–Kier alpha value is -3.92. The fourth-order valence-corrected chi connectivity index (χ4v) is 5.12. The van der Waals surface area contributed by atoms with Crippen molar-refractivity contribution in [2.75, 3.05) is 39.2 Å². The van der Waals surface area contributed by atoms with Gasteiger partial charge in [0.1, 0.15) is 17.3 Å². The zero-order valence-corrected chi connectivity index (χ0v) is 23.3. The van der Waals surface area contributed by atoms with Gasteiger partial charge >= 0.3 is 5.97 Å². The number of hydrogen-bond acceptors (Lipinski definition) is 8. The van der Waals surface area contributed by atoms with E-state index in [1.54, 1.807) is 24.9 Å². The maximum Gasteiger partial charge on any atom is 0.357 e. The van der Waals surface area contributed by atoms with E-state index in [-0.39, 0.29) is 12.6 Å². The van der Waals surface area contributed by atoms with E-state index in [4.69, 9.17) is 19.6 Å². The number of piperidine rings is 1. The Balaban J connectivity index is 1.65. The monoisotopic (exact) mass is 531 g/mol. The first-order valence-electron chi connectivity index (χ1n) is 13.6. The average molecular weight is 532 g/mol. The van der Waals surface area contributed by atoms with Gasteiger partial charge in [0.2, 0.25) is 0 Å². The van der Waals surface area contributed by atoms with Gasteiger partial charge in [-0.3, -0.25) is 9.36 Å². The van der Waals surface area contributed by atoms with Crippen LogP contribution in [0.25, 0.3) is 22.2 Å². The van der Waals surface area contributed by atoms with Crippen LogP contribution in [0.5, 0.6) is 5.75 Å². The molecule has 206 valence electrons. The van der Waals surface area contributed by atoms with Crippen LogP contribution in [0, 0.1) is 0 Å². The Kier molecular flexibility index (Phi) is 7.83. The molecule has 0 bridgehead atoms. The van der Waals surface area contributed by atoms with Crippen LogP contribution >= 0.6 is 0 Å². The van der Waals surface area contributed by atoms with Gasteiger partial charge in [-0.1, -0.05) is 12.1 Å². The minimum absolute atomic E-state index is 0.0271. The highest BCUT2D eigenvalue weighted by molar-refractivity contribution is 6.05. The normalized spacial score (nSPS) is 14.7. The fourth-order valence-electron chi connectivity index (χ4n) is 5.12. The largest absolute Gasteiger partial charge is 0.497 e. The number of esters is 1. The average Bonchev–Trinajstić information content (AvgIpc) is 3.53. The Morgan fingerprint density at radius 1 is 1.15 bits per heavy atom. The van der Waals surface area contributed by atoms with Crippen molar-refractivity contribution < 1.29 is 14.3 Å². The third-order valence-electron chi connectivity index (χ3n) is 7.22. The number of carbonyl (C=O) groups is 1. The van der Waals surface area contributed by atoms with Gasteiger partial charge in [-0.2, -0.15) is 10.2 Å². The van der Waals surface area contributed by atoms with Crippen LogP contribution in [-0.2, 0) is 11.3 Å². The van der Waals surface area contributed by atoms with Crippen LogP contribution in [0.4, 0.5) is 5.82 Å². The van der Waals surface area contributed by atoms with E-state index >= 15 is 0 Å². The number of benzene rings is 1. The molecule has 0 aliphatic carbocycles. The van der Waals surface area contributed by atoms with Crippen LogP contribution in [0.2, 0.25) is 0 Å². The third-order valence-corrected chi connectivity index (χ3v) is 7.22. The van der Waals surface area contributed by atoms with Gasteiger partial charge in [0, 0.05) is 18.3 Å². The molecule has 4 aromatic rings. The van der Waals surface area contributed by atoms with Crippen molar-refractivity contribution >= 4 is 22.7 Å². The van der Waals surface area contributed by atoms with Crippen molar-refractivity contribution in [2.24, 2.45) is 0 Å². The predicted molar refractivity (Wildman–Crippen MR) is 151 cm³/mol. The zero-order valence-electron chi connectivity index (χ0n) is 23.3. The third kappa shape index (κ3) is 5.47. The van der Waals surface area contributed by atoms with Gasteiger partial charge in [-0.15, -0.1) is 0 Å². The molecule has 4 heterocycles. The summed E-state index contributed by atoms with van der Waals surface area (Å²) in [4.78, 5) is 20.3. The molecule has 1 saturated heterocycles. The van der Waals surface area contributed by atoms with E-state index in [1.165, 1.54) is 0 Å². The van der Waals surface area contributed by atoms with Crippen molar-refractivity contribution in [1.82, 2.24) is 29.4 Å². The second kappa shape index (κ2) is 11.4. The summed E-state index contributed by atoms with van der Waals surface area (Å²) >= 11 is 0. The topological polar surface area (TPSA) is 99.3 Å². The number of methoxy groups -OCH3 is 1. The maximum absolute atomic E-state index is 13.2. The molecule has 0 radical (unpaired) electrons. The van der Waals surface area contributed by atoms with Crippen molar-refractivity contribution in [1.29, 1.82) is 0 Å². The first kappa shape index (κ1) is 26.7. The summed E-state index contributed by atoms with van der Waals surface area (Å²) in [7, 11) is 3.81.